The van der Waals surface area contributed by atoms with Crippen molar-refractivity contribution < 1.29 is 0 Å². The second kappa shape index (κ2) is 3.82. The Bertz CT molecular complexity index is 726. The van der Waals surface area contributed by atoms with Crippen molar-refractivity contribution in [2.24, 2.45) is 4.99 Å². The third-order valence-electron chi connectivity index (χ3n) is 3.79. The first-order chi connectivity index (χ1) is 9.34. The molecular weight excluding hydrogens is 232 g/mol. The van der Waals surface area contributed by atoms with E-state index in [1.165, 1.54) is 22.3 Å². The molecule has 2 aromatic carbocycles. The predicted octanol–water partition coefficient (Wildman–Crippen LogP) is 3.66. The maximum absolute atomic E-state index is 4.76. The molecule has 92 valence electrons. The molecule has 1 heterocycles. The van der Waals surface area contributed by atoms with E-state index in [2.05, 4.69) is 53.8 Å². The molecule has 2 aliphatic rings. The van der Waals surface area contributed by atoms with Crippen molar-refractivity contribution in [1.29, 1.82) is 0 Å². The standard InChI is InChI=1S/C17H14N2/c1-11-10-18-16-14-8-4-2-6-12(14)13-7-3-5-9-15(13)17(16)19-11/h2-10,16,18H,1H3. The lowest BCUT2D eigenvalue weighted by Gasteiger charge is -2.32. The lowest BCUT2D eigenvalue weighted by atomic mass is 9.80. The van der Waals surface area contributed by atoms with Crippen LogP contribution in [0, 0.1) is 0 Å². The molecule has 0 bridgehead atoms. The van der Waals surface area contributed by atoms with Gasteiger partial charge in [-0.2, -0.15) is 0 Å². The summed E-state index contributed by atoms with van der Waals surface area (Å²) in [4.78, 5) is 4.76. The first kappa shape index (κ1) is 10.6. The van der Waals surface area contributed by atoms with Gasteiger partial charge in [0.15, 0.2) is 0 Å². The maximum Gasteiger partial charge on any atom is 0.0948 e. The zero-order chi connectivity index (χ0) is 12.8. The average Bonchev–Trinajstić information content (AvgIpc) is 2.47. The molecule has 0 aromatic heterocycles. The van der Waals surface area contributed by atoms with E-state index in [0.717, 1.165) is 11.4 Å². The molecule has 1 unspecified atom stereocenters. The van der Waals surface area contributed by atoms with Gasteiger partial charge in [-0.05, 0) is 23.6 Å². The fraction of sp³-hybridized carbons (Fsp3) is 0.118. The Balaban J connectivity index is 2.06. The predicted molar refractivity (Wildman–Crippen MR) is 78.0 cm³/mol. The van der Waals surface area contributed by atoms with Crippen molar-refractivity contribution in [3.8, 4) is 11.1 Å². The highest BCUT2D eigenvalue weighted by atomic mass is 15.0. The van der Waals surface area contributed by atoms with Crippen molar-refractivity contribution in [3.63, 3.8) is 0 Å². The van der Waals surface area contributed by atoms with E-state index in [0.29, 0.717) is 0 Å². The Morgan fingerprint density at radius 3 is 2.42 bits per heavy atom. The Kier molecular flexibility index (Phi) is 2.12. The van der Waals surface area contributed by atoms with Gasteiger partial charge in [0, 0.05) is 11.8 Å². The lowest BCUT2D eigenvalue weighted by Crippen LogP contribution is -2.32. The molecule has 1 N–H and O–H groups in total. The number of hydrogen-bond donors (Lipinski definition) is 1. The normalized spacial score (nSPS) is 19.3. The van der Waals surface area contributed by atoms with E-state index >= 15 is 0 Å². The fourth-order valence-electron chi connectivity index (χ4n) is 2.96. The van der Waals surface area contributed by atoms with Gasteiger partial charge < -0.3 is 5.32 Å². The van der Waals surface area contributed by atoms with E-state index in [1.807, 2.05) is 13.1 Å². The lowest BCUT2D eigenvalue weighted by molar-refractivity contribution is 0.763. The molecule has 2 aromatic rings. The van der Waals surface area contributed by atoms with Crippen LogP contribution in [0.4, 0.5) is 0 Å². The van der Waals surface area contributed by atoms with Gasteiger partial charge in [0.2, 0.25) is 0 Å². The van der Waals surface area contributed by atoms with E-state index in [-0.39, 0.29) is 6.04 Å². The summed E-state index contributed by atoms with van der Waals surface area (Å²) in [6.07, 6.45) is 2.00. The fourth-order valence-corrected chi connectivity index (χ4v) is 2.96. The quantitative estimate of drug-likeness (QED) is 0.753. The number of allylic oxidation sites excluding steroid dienone is 1. The minimum Gasteiger partial charge on any atom is -0.377 e. The van der Waals surface area contributed by atoms with Crippen LogP contribution in [-0.2, 0) is 0 Å². The third kappa shape index (κ3) is 1.46. The van der Waals surface area contributed by atoms with Gasteiger partial charge in [0.05, 0.1) is 17.5 Å². The molecular formula is C17H14N2. The zero-order valence-electron chi connectivity index (χ0n) is 10.7. The van der Waals surface area contributed by atoms with Crippen LogP contribution in [0.15, 0.2) is 65.4 Å². The monoisotopic (exact) mass is 246 g/mol. The first-order valence-electron chi connectivity index (χ1n) is 6.55. The second-order valence-corrected chi connectivity index (χ2v) is 5.02. The van der Waals surface area contributed by atoms with Gasteiger partial charge in [-0.15, -0.1) is 0 Å². The minimum atomic E-state index is 0.176. The van der Waals surface area contributed by atoms with Crippen molar-refractivity contribution in [1.82, 2.24) is 5.32 Å². The Hall–Kier alpha value is -2.35. The summed E-state index contributed by atoms with van der Waals surface area (Å²) in [7, 11) is 0. The summed E-state index contributed by atoms with van der Waals surface area (Å²) in [5, 5.41) is 3.48. The van der Waals surface area contributed by atoms with E-state index in [4.69, 9.17) is 4.99 Å². The SMILES string of the molecule is CC1=CNC2C(=N1)c1ccccc1-c1ccccc12. The molecule has 0 fully saturated rings. The Morgan fingerprint density at radius 2 is 1.58 bits per heavy atom. The minimum absolute atomic E-state index is 0.176. The highest BCUT2D eigenvalue weighted by Gasteiger charge is 2.30. The number of rotatable bonds is 0. The number of nitrogens with zero attached hydrogens (tertiary/aromatic N) is 1. The van der Waals surface area contributed by atoms with E-state index < -0.39 is 0 Å². The molecule has 2 nitrogen and oxygen atoms in total. The molecule has 0 radical (unpaired) electrons. The summed E-state index contributed by atoms with van der Waals surface area (Å²) in [6.45, 7) is 2.03. The second-order valence-electron chi connectivity index (χ2n) is 5.02. The number of fused-ring (bicyclic) bond motifs is 6. The number of hydrogen-bond acceptors (Lipinski definition) is 2. The highest BCUT2D eigenvalue weighted by molar-refractivity contribution is 6.13. The average molecular weight is 246 g/mol. The van der Waals surface area contributed by atoms with Crippen molar-refractivity contribution in [2.45, 2.75) is 13.0 Å². The largest absolute Gasteiger partial charge is 0.377 e. The molecule has 4 rings (SSSR count). The third-order valence-corrected chi connectivity index (χ3v) is 3.79. The highest BCUT2D eigenvalue weighted by Crippen LogP contribution is 2.39. The molecule has 1 aliphatic carbocycles. The van der Waals surface area contributed by atoms with Gasteiger partial charge in [-0.1, -0.05) is 48.5 Å². The number of aliphatic imine (C=N–C) groups is 1. The number of nitrogens with one attached hydrogen (secondary N) is 1. The summed E-state index contributed by atoms with van der Waals surface area (Å²) in [6, 6.07) is 17.3. The zero-order valence-corrected chi connectivity index (χ0v) is 10.7. The first-order valence-corrected chi connectivity index (χ1v) is 6.55. The smallest absolute Gasteiger partial charge is 0.0948 e. The molecule has 19 heavy (non-hydrogen) atoms. The van der Waals surface area contributed by atoms with E-state index in [1.54, 1.807) is 0 Å². The maximum atomic E-state index is 4.76. The molecule has 1 atom stereocenters. The Morgan fingerprint density at radius 1 is 0.895 bits per heavy atom. The molecule has 2 heteroatoms. The topological polar surface area (TPSA) is 24.4 Å². The summed E-state index contributed by atoms with van der Waals surface area (Å²) >= 11 is 0. The van der Waals surface area contributed by atoms with E-state index in [9.17, 15) is 0 Å². The molecule has 1 aliphatic heterocycles. The molecule has 0 saturated heterocycles. The van der Waals surface area contributed by atoms with Crippen LogP contribution >= 0.6 is 0 Å². The van der Waals surface area contributed by atoms with Gasteiger partial charge in [0.25, 0.3) is 0 Å². The van der Waals surface area contributed by atoms with Crippen LogP contribution in [0.25, 0.3) is 11.1 Å². The summed E-state index contributed by atoms with van der Waals surface area (Å²) < 4.78 is 0. The van der Waals surface area contributed by atoms with Crippen LogP contribution < -0.4 is 5.32 Å². The number of benzene rings is 2. The van der Waals surface area contributed by atoms with Gasteiger partial charge in [-0.3, -0.25) is 4.99 Å². The van der Waals surface area contributed by atoms with Crippen molar-refractivity contribution in [2.75, 3.05) is 0 Å². The van der Waals surface area contributed by atoms with Crippen LogP contribution in [-0.4, -0.2) is 5.71 Å². The van der Waals surface area contributed by atoms with Crippen LogP contribution in [0.5, 0.6) is 0 Å². The Labute approximate surface area is 112 Å². The van der Waals surface area contributed by atoms with Crippen molar-refractivity contribution >= 4 is 5.71 Å². The summed E-state index contributed by atoms with van der Waals surface area (Å²) in [5.41, 5.74) is 7.30. The summed E-state index contributed by atoms with van der Waals surface area (Å²) in [5.74, 6) is 0. The van der Waals surface area contributed by atoms with Crippen LogP contribution in [0.3, 0.4) is 0 Å². The van der Waals surface area contributed by atoms with Gasteiger partial charge >= 0.3 is 0 Å². The van der Waals surface area contributed by atoms with Crippen molar-refractivity contribution in [3.05, 3.63) is 71.6 Å². The van der Waals surface area contributed by atoms with Gasteiger partial charge in [-0.25, -0.2) is 0 Å². The molecule has 0 saturated carbocycles. The van der Waals surface area contributed by atoms with Crippen LogP contribution in [0.1, 0.15) is 24.1 Å². The van der Waals surface area contributed by atoms with Crippen LogP contribution in [0.2, 0.25) is 0 Å². The molecule has 0 spiro atoms. The molecule has 0 amide bonds. The van der Waals surface area contributed by atoms with Gasteiger partial charge in [0.1, 0.15) is 0 Å².